The van der Waals surface area contributed by atoms with Crippen molar-refractivity contribution in [2.75, 3.05) is 6.54 Å². The summed E-state index contributed by atoms with van der Waals surface area (Å²) in [5, 5.41) is 3.37. The number of aryl methyl sites for hydroxylation is 1. The lowest BCUT2D eigenvalue weighted by Crippen LogP contribution is -2.14. The van der Waals surface area contributed by atoms with Gasteiger partial charge < -0.3 is 5.32 Å². The Morgan fingerprint density at radius 3 is 2.86 bits per heavy atom. The van der Waals surface area contributed by atoms with Crippen LogP contribution < -0.4 is 5.32 Å². The minimum absolute atomic E-state index is 0. The molecule has 0 radical (unpaired) electrons. The van der Waals surface area contributed by atoms with Crippen molar-refractivity contribution in [1.82, 2.24) is 5.32 Å². The minimum Gasteiger partial charge on any atom is -0.310 e. The van der Waals surface area contributed by atoms with Gasteiger partial charge in [0.25, 0.3) is 0 Å². The number of benzene rings is 1. The Balaban J connectivity index is 0.000000980. The summed E-state index contributed by atoms with van der Waals surface area (Å²) in [5.74, 6) is -0.130. The van der Waals surface area contributed by atoms with Gasteiger partial charge in [-0.25, -0.2) is 4.39 Å². The molecule has 1 N–H and O–H groups in total. The van der Waals surface area contributed by atoms with Crippen molar-refractivity contribution < 1.29 is 4.39 Å². The van der Waals surface area contributed by atoms with Gasteiger partial charge in [-0.15, -0.1) is 12.4 Å². The van der Waals surface area contributed by atoms with Gasteiger partial charge in [0.1, 0.15) is 5.82 Å². The molecule has 14 heavy (non-hydrogen) atoms. The highest BCUT2D eigenvalue weighted by Gasteiger charge is 2.17. The molecule has 2 rings (SSSR count). The first-order chi connectivity index (χ1) is 6.27. The van der Waals surface area contributed by atoms with Crippen LogP contribution in [0.4, 0.5) is 4.39 Å². The smallest absolute Gasteiger partial charge is 0.123 e. The lowest BCUT2D eigenvalue weighted by atomic mass is 10.00. The Labute approximate surface area is 90.1 Å². The van der Waals surface area contributed by atoms with Crippen LogP contribution in [0.1, 0.15) is 30.0 Å². The average Bonchev–Trinajstić information content (AvgIpc) is 2.61. The van der Waals surface area contributed by atoms with E-state index in [9.17, 15) is 4.39 Å². The molecular formula is C11H15ClFN. The van der Waals surface area contributed by atoms with E-state index in [-0.39, 0.29) is 18.2 Å². The third kappa shape index (κ3) is 2.25. The van der Waals surface area contributed by atoms with Crippen LogP contribution in [0, 0.1) is 12.7 Å². The van der Waals surface area contributed by atoms with Gasteiger partial charge >= 0.3 is 0 Å². The van der Waals surface area contributed by atoms with Crippen LogP contribution in [0.5, 0.6) is 0 Å². The molecule has 0 aromatic heterocycles. The molecule has 1 atom stereocenters. The van der Waals surface area contributed by atoms with Crippen molar-refractivity contribution >= 4 is 12.4 Å². The predicted octanol–water partition coefficient (Wildman–Crippen LogP) is 2.98. The number of nitrogens with one attached hydrogen (secondary N) is 1. The summed E-state index contributed by atoms with van der Waals surface area (Å²) >= 11 is 0. The zero-order valence-electron chi connectivity index (χ0n) is 8.22. The number of halogens is 2. The molecule has 1 aromatic carbocycles. The number of rotatable bonds is 1. The predicted molar refractivity (Wildman–Crippen MR) is 58.4 cm³/mol. The van der Waals surface area contributed by atoms with Crippen molar-refractivity contribution in [2.24, 2.45) is 0 Å². The molecule has 1 saturated heterocycles. The van der Waals surface area contributed by atoms with Gasteiger partial charge in [-0.3, -0.25) is 0 Å². The molecule has 1 heterocycles. The van der Waals surface area contributed by atoms with Gasteiger partial charge in [0, 0.05) is 6.04 Å². The summed E-state index contributed by atoms with van der Waals surface area (Å²) in [6, 6.07) is 5.40. The second-order valence-electron chi connectivity index (χ2n) is 3.65. The van der Waals surface area contributed by atoms with Crippen LogP contribution in [-0.4, -0.2) is 6.54 Å². The number of hydrogen-bond donors (Lipinski definition) is 1. The molecule has 78 valence electrons. The SMILES string of the molecule is Cc1ccc(F)cc1[C@H]1CCCN1.Cl. The van der Waals surface area contributed by atoms with E-state index in [0.717, 1.165) is 18.5 Å². The summed E-state index contributed by atoms with van der Waals surface area (Å²) in [4.78, 5) is 0. The van der Waals surface area contributed by atoms with Crippen molar-refractivity contribution in [1.29, 1.82) is 0 Å². The summed E-state index contributed by atoms with van der Waals surface area (Å²) in [7, 11) is 0. The van der Waals surface area contributed by atoms with E-state index in [2.05, 4.69) is 5.32 Å². The Morgan fingerprint density at radius 2 is 2.21 bits per heavy atom. The summed E-state index contributed by atoms with van der Waals surface area (Å²) < 4.78 is 13.0. The Kier molecular flexibility index (Phi) is 3.90. The third-order valence-corrected chi connectivity index (χ3v) is 2.68. The second-order valence-corrected chi connectivity index (χ2v) is 3.65. The lowest BCUT2D eigenvalue weighted by Gasteiger charge is -2.13. The molecule has 0 amide bonds. The quantitative estimate of drug-likeness (QED) is 0.760. The molecule has 0 aliphatic carbocycles. The van der Waals surface area contributed by atoms with Crippen molar-refractivity contribution in [2.45, 2.75) is 25.8 Å². The molecular weight excluding hydrogens is 201 g/mol. The summed E-state index contributed by atoms with van der Waals surface area (Å²) in [6.07, 6.45) is 2.32. The molecule has 0 spiro atoms. The van der Waals surface area contributed by atoms with Gasteiger partial charge in [0.05, 0.1) is 0 Å². The fourth-order valence-corrected chi connectivity index (χ4v) is 1.94. The topological polar surface area (TPSA) is 12.0 Å². The molecule has 1 aliphatic heterocycles. The van der Waals surface area contributed by atoms with Crippen LogP contribution in [0.2, 0.25) is 0 Å². The van der Waals surface area contributed by atoms with Gasteiger partial charge in [-0.05, 0) is 49.6 Å². The molecule has 1 aromatic rings. The Bertz CT molecular complexity index is 308. The molecule has 0 bridgehead atoms. The van der Waals surface area contributed by atoms with Gasteiger partial charge in [0.2, 0.25) is 0 Å². The van der Waals surface area contributed by atoms with Crippen molar-refractivity contribution in [3.05, 3.63) is 35.1 Å². The molecule has 3 heteroatoms. The first-order valence-corrected chi connectivity index (χ1v) is 4.77. The van der Waals surface area contributed by atoms with Crippen LogP contribution in [0.3, 0.4) is 0 Å². The van der Waals surface area contributed by atoms with E-state index in [1.165, 1.54) is 18.1 Å². The lowest BCUT2D eigenvalue weighted by molar-refractivity contribution is 0.604. The highest BCUT2D eigenvalue weighted by molar-refractivity contribution is 5.85. The van der Waals surface area contributed by atoms with Crippen molar-refractivity contribution in [3.63, 3.8) is 0 Å². The highest BCUT2D eigenvalue weighted by Crippen LogP contribution is 2.26. The third-order valence-electron chi connectivity index (χ3n) is 2.68. The van der Waals surface area contributed by atoms with Crippen LogP contribution in [0.15, 0.2) is 18.2 Å². The van der Waals surface area contributed by atoms with Crippen LogP contribution >= 0.6 is 12.4 Å². The van der Waals surface area contributed by atoms with E-state index >= 15 is 0 Å². The van der Waals surface area contributed by atoms with Crippen molar-refractivity contribution in [3.8, 4) is 0 Å². The Hall–Kier alpha value is -0.600. The fraction of sp³-hybridized carbons (Fsp3) is 0.455. The minimum atomic E-state index is -0.130. The summed E-state index contributed by atoms with van der Waals surface area (Å²) in [5.41, 5.74) is 2.30. The molecule has 0 saturated carbocycles. The van der Waals surface area contributed by atoms with Crippen LogP contribution in [-0.2, 0) is 0 Å². The first kappa shape index (κ1) is 11.5. The van der Waals surface area contributed by atoms with E-state index < -0.39 is 0 Å². The number of hydrogen-bond acceptors (Lipinski definition) is 1. The van der Waals surface area contributed by atoms with Crippen LogP contribution in [0.25, 0.3) is 0 Å². The maximum atomic E-state index is 13.0. The van der Waals surface area contributed by atoms with Gasteiger partial charge in [-0.1, -0.05) is 6.07 Å². The highest BCUT2D eigenvalue weighted by atomic mass is 35.5. The zero-order valence-corrected chi connectivity index (χ0v) is 9.03. The maximum absolute atomic E-state index is 13.0. The maximum Gasteiger partial charge on any atom is 0.123 e. The monoisotopic (exact) mass is 215 g/mol. The van der Waals surface area contributed by atoms with Gasteiger partial charge in [-0.2, -0.15) is 0 Å². The van der Waals surface area contributed by atoms with E-state index in [1.54, 1.807) is 6.07 Å². The molecule has 1 aliphatic rings. The fourth-order valence-electron chi connectivity index (χ4n) is 1.94. The Morgan fingerprint density at radius 1 is 1.43 bits per heavy atom. The average molecular weight is 216 g/mol. The molecule has 0 unspecified atom stereocenters. The van der Waals surface area contributed by atoms with Gasteiger partial charge in [0.15, 0.2) is 0 Å². The normalized spacial score (nSPS) is 20.6. The second kappa shape index (κ2) is 4.76. The standard InChI is InChI=1S/C11H14FN.ClH/c1-8-4-5-9(12)7-10(8)11-3-2-6-13-11;/h4-5,7,11,13H,2-3,6H2,1H3;1H/t11-;/m1./s1. The zero-order chi connectivity index (χ0) is 9.26. The van der Waals surface area contributed by atoms with E-state index in [1.807, 2.05) is 13.0 Å². The molecule has 1 nitrogen and oxygen atoms in total. The van der Waals surface area contributed by atoms with E-state index in [4.69, 9.17) is 0 Å². The summed E-state index contributed by atoms with van der Waals surface area (Å²) in [6.45, 7) is 3.09. The first-order valence-electron chi connectivity index (χ1n) is 4.77. The molecule has 1 fully saturated rings. The van der Waals surface area contributed by atoms with E-state index in [0.29, 0.717) is 6.04 Å². The largest absolute Gasteiger partial charge is 0.310 e.